The molecule has 0 N–H and O–H groups in total. The van der Waals surface area contributed by atoms with Crippen LogP contribution in [0, 0.1) is 0 Å². The molecule has 0 saturated heterocycles. The van der Waals surface area contributed by atoms with E-state index in [4.69, 9.17) is 16.3 Å². The summed E-state index contributed by atoms with van der Waals surface area (Å²) < 4.78 is 5.49. The highest BCUT2D eigenvalue weighted by molar-refractivity contribution is 6.31. The first kappa shape index (κ1) is 17.3. The summed E-state index contributed by atoms with van der Waals surface area (Å²) in [6.45, 7) is 0. The lowest BCUT2D eigenvalue weighted by Crippen LogP contribution is -2.26. The van der Waals surface area contributed by atoms with E-state index in [-0.39, 0.29) is 5.91 Å². The largest absolute Gasteiger partial charge is 0.421 e. The fourth-order valence-electron chi connectivity index (χ4n) is 3.15. The molecule has 0 atom stereocenters. The molecule has 0 aliphatic carbocycles. The second-order valence-electron chi connectivity index (χ2n) is 6.23. The van der Waals surface area contributed by atoms with Gasteiger partial charge in [0.05, 0.1) is 16.9 Å². The van der Waals surface area contributed by atoms with Crippen molar-refractivity contribution < 1.29 is 14.3 Å². The van der Waals surface area contributed by atoms with Crippen LogP contribution in [0.15, 0.2) is 72.8 Å². The minimum Gasteiger partial charge on any atom is -0.421 e. The van der Waals surface area contributed by atoms with Crippen LogP contribution in [0.3, 0.4) is 0 Å². The van der Waals surface area contributed by atoms with Crippen molar-refractivity contribution in [2.24, 2.45) is 0 Å². The van der Waals surface area contributed by atoms with Gasteiger partial charge in [0.15, 0.2) is 5.75 Å². The monoisotopic (exact) mass is 377 g/mol. The van der Waals surface area contributed by atoms with E-state index in [0.717, 1.165) is 5.56 Å². The molecular weight excluding hydrogens is 362 g/mol. The molecule has 27 heavy (non-hydrogen) atoms. The summed E-state index contributed by atoms with van der Waals surface area (Å²) in [6.07, 6.45) is 0.890. The normalized spacial score (nSPS) is 12.6. The number of ether oxygens (including phenoxy) is 1. The highest BCUT2D eigenvalue weighted by Gasteiger charge is 2.30. The van der Waals surface area contributed by atoms with Crippen LogP contribution in [0.4, 0.5) is 11.4 Å². The predicted molar refractivity (Wildman–Crippen MR) is 105 cm³/mol. The van der Waals surface area contributed by atoms with Crippen molar-refractivity contribution in [2.75, 3.05) is 4.90 Å². The molecule has 3 aromatic carbocycles. The third-order valence-corrected chi connectivity index (χ3v) is 4.68. The molecule has 0 bridgehead atoms. The minimum atomic E-state index is -0.507. The number of amides is 1. The number of anilines is 2. The maximum Gasteiger partial charge on any atom is 0.345 e. The number of hydrogen-bond donors (Lipinski definition) is 0. The molecule has 0 unspecified atom stereocenters. The number of nitrogens with zero attached hydrogens (tertiary/aromatic N) is 1. The molecule has 0 saturated carbocycles. The molecule has 3 aromatic rings. The maximum absolute atomic E-state index is 13.2. The SMILES string of the molecule is O=C1Oc2ccccc2N(C(=O)CCc2ccccc2)c2cc(Cl)ccc21. The number of para-hydroxylation sites is 2. The van der Waals surface area contributed by atoms with Crippen LogP contribution in [-0.2, 0) is 11.2 Å². The van der Waals surface area contributed by atoms with Gasteiger partial charge in [-0.15, -0.1) is 0 Å². The number of halogens is 1. The van der Waals surface area contributed by atoms with Crippen LogP contribution in [0.25, 0.3) is 0 Å². The molecule has 4 rings (SSSR count). The van der Waals surface area contributed by atoms with Crippen molar-refractivity contribution in [1.82, 2.24) is 0 Å². The Morgan fingerprint density at radius 1 is 0.926 bits per heavy atom. The Morgan fingerprint density at radius 3 is 2.48 bits per heavy atom. The van der Waals surface area contributed by atoms with Gasteiger partial charge < -0.3 is 4.74 Å². The molecule has 5 heteroatoms. The third kappa shape index (κ3) is 3.44. The average molecular weight is 378 g/mol. The zero-order valence-corrected chi connectivity index (χ0v) is 15.1. The van der Waals surface area contributed by atoms with E-state index in [2.05, 4.69) is 0 Å². The number of fused-ring (bicyclic) bond motifs is 2. The van der Waals surface area contributed by atoms with Crippen LogP contribution < -0.4 is 9.64 Å². The zero-order valence-electron chi connectivity index (χ0n) is 14.4. The highest BCUT2D eigenvalue weighted by atomic mass is 35.5. The number of hydrogen-bond acceptors (Lipinski definition) is 3. The van der Waals surface area contributed by atoms with Crippen molar-refractivity contribution in [1.29, 1.82) is 0 Å². The standard InChI is InChI=1S/C22H16ClNO3/c23-16-11-12-17-19(14-16)24(18-8-4-5-9-20(18)27-22(17)26)21(25)13-10-15-6-2-1-3-7-15/h1-9,11-12,14H,10,13H2. The lowest BCUT2D eigenvalue weighted by atomic mass is 10.1. The summed E-state index contributed by atoms with van der Waals surface area (Å²) in [5, 5.41) is 0.446. The molecule has 4 nitrogen and oxygen atoms in total. The molecule has 134 valence electrons. The number of benzene rings is 3. The fraction of sp³-hybridized carbons (Fsp3) is 0.0909. The molecular formula is C22H16ClNO3. The Bertz CT molecular complexity index is 1020. The number of rotatable bonds is 3. The Kier molecular flexibility index (Phi) is 4.65. The van der Waals surface area contributed by atoms with E-state index >= 15 is 0 Å². The Balaban J connectivity index is 1.76. The first-order valence-corrected chi connectivity index (χ1v) is 8.99. The summed E-state index contributed by atoms with van der Waals surface area (Å²) in [5.41, 5.74) is 2.36. The topological polar surface area (TPSA) is 46.6 Å². The Labute approximate surface area is 161 Å². The fourth-order valence-corrected chi connectivity index (χ4v) is 3.32. The van der Waals surface area contributed by atoms with E-state index in [9.17, 15) is 9.59 Å². The summed E-state index contributed by atoms with van der Waals surface area (Å²) in [6, 6.07) is 21.7. The van der Waals surface area contributed by atoms with E-state index in [0.29, 0.717) is 40.6 Å². The maximum atomic E-state index is 13.2. The molecule has 0 fully saturated rings. The molecule has 0 radical (unpaired) electrons. The van der Waals surface area contributed by atoms with Gasteiger partial charge >= 0.3 is 5.97 Å². The Hall–Kier alpha value is -3.11. The minimum absolute atomic E-state index is 0.131. The van der Waals surface area contributed by atoms with Gasteiger partial charge in [0, 0.05) is 11.4 Å². The summed E-state index contributed by atoms with van der Waals surface area (Å²) >= 11 is 6.16. The lowest BCUT2D eigenvalue weighted by molar-refractivity contribution is -0.117. The zero-order chi connectivity index (χ0) is 18.8. The van der Waals surface area contributed by atoms with Gasteiger partial charge in [-0.2, -0.15) is 0 Å². The first-order valence-electron chi connectivity index (χ1n) is 8.61. The predicted octanol–water partition coefficient (Wildman–Crippen LogP) is 5.17. The van der Waals surface area contributed by atoms with Crippen LogP contribution in [0.1, 0.15) is 22.3 Å². The summed E-state index contributed by atoms with van der Waals surface area (Å²) in [4.78, 5) is 27.2. The number of esters is 1. The van der Waals surface area contributed by atoms with Crippen molar-refractivity contribution in [3.05, 3.63) is 88.9 Å². The van der Waals surface area contributed by atoms with Gasteiger partial charge in [0.25, 0.3) is 0 Å². The van der Waals surface area contributed by atoms with Crippen LogP contribution >= 0.6 is 11.6 Å². The van der Waals surface area contributed by atoms with E-state index < -0.39 is 5.97 Å². The number of carbonyl (C=O) groups is 2. The summed E-state index contributed by atoms with van der Waals surface area (Å²) in [7, 11) is 0. The van der Waals surface area contributed by atoms with E-state index in [1.54, 1.807) is 42.5 Å². The van der Waals surface area contributed by atoms with Crippen LogP contribution in [0.5, 0.6) is 5.75 Å². The number of aryl methyl sites for hydroxylation is 1. The van der Waals surface area contributed by atoms with E-state index in [1.165, 1.54) is 4.90 Å². The highest BCUT2D eigenvalue weighted by Crippen LogP contribution is 2.40. The van der Waals surface area contributed by atoms with Gasteiger partial charge in [-0.1, -0.05) is 54.1 Å². The molecule has 1 aliphatic heterocycles. The van der Waals surface area contributed by atoms with Gasteiger partial charge in [-0.05, 0) is 42.3 Å². The second-order valence-corrected chi connectivity index (χ2v) is 6.67. The van der Waals surface area contributed by atoms with Gasteiger partial charge in [0.2, 0.25) is 5.91 Å². The van der Waals surface area contributed by atoms with E-state index in [1.807, 2.05) is 30.3 Å². The van der Waals surface area contributed by atoms with Crippen molar-refractivity contribution >= 4 is 34.9 Å². The average Bonchev–Trinajstić information content (AvgIpc) is 2.80. The van der Waals surface area contributed by atoms with Crippen LogP contribution in [-0.4, -0.2) is 11.9 Å². The molecule has 0 aromatic heterocycles. The van der Waals surface area contributed by atoms with Crippen LogP contribution in [0.2, 0.25) is 5.02 Å². The number of carbonyl (C=O) groups excluding carboxylic acids is 2. The molecule has 1 heterocycles. The van der Waals surface area contributed by atoms with Crippen molar-refractivity contribution in [3.8, 4) is 5.75 Å². The second kappa shape index (κ2) is 7.25. The van der Waals surface area contributed by atoms with Gasteiger partial charge in [0.1, 0.15) is 0 Å². The lowest BCUT2D eigenvalue weighted by Gasteiger charge is -2.23. The quantitative estimate of drug-likeness (QED) is 0.467. The molecule has 1 amide bonds. The van der Waals surface area contributed by atoms with Gasteiger partial charge in [-0.25, -0.2) is 4.79 Å². The molecule has 0 spiro atoms. The first-order chi connectivity index (χ1) is 13.1. The molecule has 1 aliphatic rings. The third-order valence-electron chi connectivity index (χ3n) is 4.45. The summed E-state index contributed by atoms with van der Waals surface area (Å²) in [5.74, 6) is -0.288. The van der Waals surface area contributed by atoms with Crippen molar-refractivity contribution in [3.63, 3.8) is 0 Å². The smallest absolute Gasteiger partial charge is 0.345 e. The van der Waals surface area contributed by atoms with Crippen molar-refractivity contribution in [2.45, 2.75) is 12.8 Å². The van der Waals surface area contributed by atoms with Gasteiger partial charge in [-0.3, -0.25) is 9.69 Å². The Morgan fingerprint density at radius 2 is 1.67 bits per heavy atom.